The Labute approximate surface area is 462 Å². The van der Waals surface area contributed by atoms with Crippen LogP contribution in [0, 0.1) is 17.8 Å². The number of nitrogens with zero attached hydrogens (tertiary/aromatic N) is 3. The number of esters is 1. The molecule has 0 aromatic heterocycles. The summed E-state index contributed by atoms with van der Waals surface area (Å²) < 4.78 is 59.4. The number of hydrazine groups is 2. The van der Waals surface area contributed by atoms with E-state index in [-0.39, 0.29) is 25.2 Å². The Kier molecular flexibility index (Phi) is 22.2. The smallest absolute Gasteiger partial charge is 0.311 e. The monoisotopic (exact) mass is 1100 g/mol. The molecule has 20 atom stereocenters. The minimum Gasteiger partial charge on any atom is -0.459 e. The molecule has 4 aliphatic heterocycles. The molecular formula is C58H95FN6O13. The van der Waals surface area contributed by atoms with Gasteiger partial charge in [-0.05, 0) is 110 Å². The molecular weight excluding hydrogens is 1010 g/mol. The van der Waals surface area contributed by atoms with Crippen molar-refractivity contribution < 1.29 is 67.9 Å². The number of carbonyl (C=O) groups is 1. The number of methoxy groups -OCH3 is 2. The molecule has 0 saturated carbocycles. The van der Waals surface area contributed by atoms with Gasteiger partial charge >= 0.3 is 5.97 Å². The Morgan fingerprint density at radius 3 is 2.15 bits per heavy atom. The zero-order chi connectivity index (χ0) is 57.6. The fourth-order valence-electron chi connectivity index (χ4n) is 12.3. The lowest BCUT2D eigenvalue weighted by Gasteiger charge is -2.49. The number of hydrogen-bond acceptors (Lipinski definition) is 19. The molecule has 0 amide bonds. The molecule has 19 nitrogen and oxygen atoms in total. The van der Waals surface area contributed by atoms with E-state index >= 15 is 4.39 Å². The number of alkyl halides is 1. The number of ether oxygens (including phenoxy) is 7. The van der Waals surface area contributed by atoms with Crippen LogP contribution < -0.4 is 16.7 Å². The summed E-state index contributed by atoms with van der Waals surface area (Å²) in [5.74, 6) is -2.86. The van der Waals surface area contributed by atoms with E-state index in [9.17, 15) is 30.3 Å². The molecule has 0 spiro atoms. The van der Waals surface area contributed by atoms with Crippen LogP contribution in [0.2, 0.25) is 0 Å². The van der Waals surface area contributed by atoms with Gasteiger partial charge in [-0.2, -0.15) is 0 Å². The maximum atomic E-state index is 15.0. The first-order valence-corrected chi connectivity index (χ1v) is 28.0. The quantitative estimate of drug-likeness (QED) is 0.100. The van der Waals surface area contributed by atoms with Crippen LogP contribution in [0.1, 0.15) is 119 Å². The minimum absolute atomic E-state index is 0.0868. The van der Waals surface area contributed by atoms with Crippen LogP contribution in [0.15, 0.2) is 60.4 Å². The average molecular weight is 1100 g/mol. The normalized spacial score (nSPS) is 38.7. The molecule has 4 aliphatic rings. The van der Waals surface area contributed by atoms with Gasteiger partial charge in [0.1, 0.15) is 48.8 Å². The lowest BCUT2D eigenvalue weighted by atomic mass is 9.77. The van der Waals surface area contributed by atoms with Gasteiger partial charge in [0.15, 0.2) is 12.6 Å². The van der Waals surface area contributed by atoms with Gasteiger partial charge in [0.2, 0.25) is 0 Å². The molecule has 3 saturated heterocycles. The predicted octanol–water partition coefficient (Wildman–Crippen LogP) is 4.68. The largest absolute Gasteiger partial charge is 0.459 e. The van der Waals surface area contributed by atoms with Gasteiger partial charge in [-0.3, -0.25) is 9.80 Å². The van der Waals surface area contributed by atoms with E-state index in [1.165, 1.54) is 14.0 Å². The summed E-state index contributed by atoms with van der Waals surface area (Å²) in [7, 11) is 6.82. The van der Waals surface area contributed by atoms with Crippen molar-refractivity contribution in [2.24, 2.45) is 23.5 Å². The van der Waals surface area contributed by atoms with Crippen LogP contribution >= 0.6 is 0 Å². The second kappa shape index (κ2) is 27.1. The Balaban J connectivity index is 1.23. The molecule has 6 rings (SSSR count). The molecule has 78 heavy (non-hydrogen) atoms. The number of nitrogens with two attached hydrogens (primary N) is 1. The van der Waals surface area contributed by atoms with Crippen LogP contribution in [-0.4, -0.2) is 191 Å². The van der Waals surface area contributed by atoms with Crippen molar-refractivity contribution in [2.75, 3.05) is 48.1 Å². The first-order chi connectivity index (χ1) is 36.7. The molecule has 3 fully saturated rings. The number of likely N-dealkylation sites (N-methyl/N-ethyl adjacent to an activating group) is 2. The summed E-state index contributed by atoms with van der Waals surface area (Å²) >= 11 is 0. The van der Waals surface area contributed by atoms with Gasteiger partial charge in [0.05, 0.1) is 41.5 Å². The van der Waals surface area contributed by atoms with Crippen molar-refractivity contribution in [1.82, 2.24) is 25.8 Å². The van der Waals surface area contributed by atoms with E-state index in [0.717, 1.165) is 28.0 Å². The predicted molar refractivity (Wildman–Crippen MR) is 293 cm³/mol. The topological polar surface area (TPSA) is 243 Å². The summed E-state index contributed by atoms with van der Waals surface area (Å²) in [6.45, 7) is 18.1. The molecule has 0 aliphatic carbocycles. The van der Waals surface area contributed by atoms with Gasteiger partial charge < -0.3 is 79.6 Å². The number of carbonyl (C=O) groups excluding carboxylic acids is 1. The van der Waals surface area contributed by atoms with E-state index in [4.69, 9.17) is 38.9 Å². The van der Waals surface area contributed by atoms with E-state index in [1.54, 1.807) is 53.7 Å². The molecule has 9 N–H and O–H groups in total. The summed E-state index contributed by atoms with van der Waals surface area (Å²) in [4.78, 5) is 18.5. The minimum atomic E-state index is -1.85. The number of rotatable bonds is 17. The number of halogens is 1. The highest BCUT2D eigenvalue weighted by atomic mass is 19.1. The molecule has 0 unspecified atom stereocenters. The lowest BCUT2D eigenvalue weighted by Crippen LogP contribution is -2.61. The highest BCUT2D eigenvalue weighted by Gasteiger charge is 2.53. The van der Waals surface area contributed by atoms with Gasteiger partial charge in [-0.25, -0.2) is 4.39 Å². The number of benzene rings is 2. The van der Waals surface area contributed by atoms with E-state index in [2.05, 4.69) is 11.0 Å². The average Bonchev–Trinajstić information content (AvgIpc) is 3.89. The number of nitrogens with one attached hydrogen (secondary N) is 2. The summed E-state index contributed by atoms with van der Waals surface area (Å²) in [6.07, 6.45) is -7.65. The van der Waals surface area contributed by atoms with Crippen molar-refractivity contribution in [2.45, 2.75) is 210 Å². The Bertz CT molecular complexity index is 2230. The van der Waals surface area contributed by atoms with Crippen LogP contribution in [0.3, 0.4) is 0 Å². The summed E-state index contributed by atoms with van der Waals surface area (Å²) in [5.41, 5.74) is 12.2. The van der Waals surface area contributed by atoms with E-state index in [0.29, 0.717) is 32.5 Å². The third-order valence-corrected chi connectivity index (χ3v) is 17.4. The zero-order valence-electron chi connectivity index (χ0n) is 48.7. The number of hydrogen-bond donors (Lipinski definition) is 8. The molecule has 0 bridgehead atoms. The highest BCUT2D eigenvalue weighted by Crippen LogP contribution is 2.41. The second-order valence-electron chi connectivity index (χ2n) is 23.6. The van der Waals surface area contributed by atoms with Crippen molar-refractivity contribution in [3.05, 3.63) is 71.6 Å². The van der Waals surface area contributed by atoms with Crippen molar-refractivity contribution in [3.8, 4) is 11.1 Å². The van der Waals surface area contributed by atoms with Crippen molar-refractivity contribution >= 4 is 5.97 Å². The first kappa shape index (κ1) is 63.8. The Morgan fingerprint density at radius 1 is 0.923 bits per heavy atom. The third kappa shape index (κ3) is 14.6. The molecule has 2 aromatic carbocycles. The van der Waals surface area contributed by atoms with Crippen LogP contribution in [0.4, 0.5) is 4.39 Å². The lowest BCUT2D eigenvalue weighted by molar-refractivity contribution is -0.318. The first-order valence-electron chi connectivity index (χ1n) is 28.0. The second-order valence-corrected chi connectivity index (χ2v) is 23.6. The van der Waals surface area contributed by atoms with Gasteiger partial charge in [-0.15, -0.1) is 5.53 Å². The van der Waals surface area contributed by atoms with E-state index < -0.39 is 127 Å². The Morgan fingerprint density at radius 2 is 1.56 bits per heavy atom. The van der Waals surface area contributed by atoms with Gasteiger partial charge in [0.25, 0.3) is 0 Å². The maximum Gasteiger partial charge on any atom is 0.311 e. The Hall–Kier alpha value is -3.42. The van der Waals surface area contributed by atoms with Crippen molar-refractivity contribution in [3.63, 3.8) is 0 Å². The third-order valence-electron chi connectivity index (χ3n) is 17.4. The number of cyclic esters (lactones) is 1. The van der Waals surface area contributed by atoms with Crippen molar-refractivity contribution in [1.29, 1.82) is 0 Å². The zero-order valence-corrected chi connectivity index (χ0v) is 48.7. The van der Waals surface area contributed by atoms with Gasteiger partial charge in [-0.1, -0.05) is 69.3 Å². The van der Waals surface area contributed by atoms with E-state index in [1.807, 2.05) is 99.4 Å². The summed E-state index contributed by atoms with van der Waals surface area (Å²) in [6, 6.07) is 14.2. The van der Waals surface area contributed by atoms with Crippen LogP contribution in [-0.2, 0) is 44.5 Å². The van der Waals surface area contributed by atoms with Gasteiger partial charge in [0, 0.05) is 76.6 Å². The fraction of sp³-hybridized carbons (Fsp3) is 0.741. The molecule has 4 heterocycles. The molecule has 0 radical (unpaired) electrons. The molecule has 442 valence electrons. The molecule has 2 aromatic rings. The SMILES string of the molecule is CC[C@H]1OC(=O)[C@H](C)[C@@H](O[C@H]2C[C@@](C)(OC)[C@@H](O)[C@H](C)O2)[C@H](C)[C@@H](O[C@@H]2O[C@H](C)C[C@H](N(C)CCC3=CN([C@H](CF)[C@H](OC)c4ccc(-c5ccc(CN)cc5)cc4)NN3)[C@H]2O)[C@](C)(O)C[C@@H](C)CN(C)[C@H](C)[C@@H](O)[C@]1(C)O. The number of aliphatic hydroxyl groups is 5. The fourth-order valence-corrected chi connectivity index (χ4v) is 12.3. The summed E-state index contributed by atoms with van der Waals surface area (Å²) in [5, 5.41) is 61.7. The standard InChI is InChI=1S/C58H95FN6O13/c1-15-46-58(10,71)51(67)37(6)64(12)31-33(2)27-56(8,70)53(35(4)49(36(5)54(69)76-46)77-47-28-57(9,73-14)52(68)38(7)75-47)78-55-48(66)44(26-34(3)74-55)63(11)25-24-43-32-65(62-61-43)45(29-59)50(72-13)42-22-20-41(21-23-42)40-18-16-39(30-60)17-19-40/h16-23,32-38,44-53,55,61-62,66-68,70-71H,15,24-31,60H2,1-14H3/t33-,34-,35+,36-,37-,38+,44+,45-,46-,47+,48-,49+,50-,51-,52+,53-,55+,56-,57-,58-/m1/s1. The molecule has 20 heteroatoms. The maximum absolute atomic E-state index is 15.0. The number of aliphatic hydroxyl groups excluding tert-OH is 3. The van der Waals surface area contributed by atoms with Crippen LogP contribution in [0.5, 0.6) is 0 Å². The highest BCUT2D eigenvalue weighted by molar-refractivity contribution is 5.73. The van der Waals surface area contributed by atoms with Crippen LogP contribution in [0.25, 0.3) is 11.1 Å².